The highest BCUT2D eigenvalue weighted by molar-refractivity contribution is 6.35. The number of halogens is 2. The lowest BCUT2D eigenvalue weighted by Crippen LogP contribution is -2.23. The third kappa shape index (κ3) is 4.39. The molecule has 1 amide bonds. The van der Waals surface area contributed by atoms with Gasteiger partial charge in [0.15, 0.2) is 0 Å². The molecule has 88 valence electrons. The highest BCUT2D eigenvalue weighted by Gasteiger charge is 2.04. The Labute approximate surface area is 105 Å². The second-order valence-electron chi connectivity index (χ2n) is 3.26. The molecule has 0 unspecified atom stereocenters. The van der Waals surface area contributed by atoms with Gasteiger partial charge in [0.1, 0.15) is 0 Å². The van der Waals surface area contributed by atoms with Crippen LogP contribution >= 0.6 is 23.2 Å². The van der Waals surface area contributed by atoms with Gasteiger partial charge in [0, 0.05) is 30.1 Å². The van der Waals surface area contributed by atoms with Crippen LogP contribution in [0.15, 0.2) is 18.2 Å². The summed E-state index contributed by atoms with van der Waals surface area (Å²) in [7, 11) is 1.56. The fraction of sp³-hybridized carbons (Fsp3) is 0.364. The van der Waals surface area contributed by atoms with Gasteiger partial charge >= 0.3 is 0 Å². The van der Waals surface area contributed by atoms with Crippen LogP contribution in [0.25, 0.3) is 0 Å². The molecule has 5 heteroatoms. The van der Waals surface area contributed by atoms with Gasteiger partial charge in [0.25, 0.3) is 0 Å². The van der Waals surface area contributed by atoms with Gasteiger partial charge in [-0.25, -0.2) is 0 Å². The van der Waals surface area contributed by atoms with Crippen molar-refractivity contribution in [3.8, 4) is 0 Å². The minimum Gasteiger partial charge on any atom is -0.384 e. The fourth-order valence-electron chi connectivity index (χ4n) is 1.14. The molecule has 0 saturated carbocycles. The monoisotopic (exact) mass is 261 g/mol. The Morgan fingerprint density at radius 3 is 2.81 bits per heavy atom. The molecule has 1 N–H and O–H groups in total. The van der Waals surface area contributed by atoms with Crippen molar-refractivity contribution >= 4 is 29.1 Å². The van der Waals surface area contributed by atoms with Crippen LogP contribution in [0.4, 0.5) is 0 Å². The number of ether oxygens (including phenoxy) is 1. The molecule has 0 aliphatic heterocycles. The summed E-state index contributed by atoms with van der Waals surface area (Å²) in [5.74, 6) is -0.0622. The molecule has 0 atom stereocenters. The van der Waals surface area contributed by atoms with Gasteiger partial charge in [-0.2, -0.15) is 0 Å². The quantitative estimate of drug-likeness (QED) is 0.885. The number of methoxy groups -OCH3 is 1. The number of amides is 1. The molecule has 0 radical (unpaired) electrons. The molecule has 0 bridgehead atoms. The lowest BCUT2D eigenvalue weighted by Gasteiger charge is -2.07. The molecule has 16 heavy (non-hydrogen) atoms. The average molecular weight is 262 g/mol. The average Bonchev–Trinajstić information content (AvgIpc) is 2.25. The Morgan fingerprint density at radius 1 is 1.44 bits per heavy atom. The van der Waals surface area contributed by atoms with E-state index in [4.69, 9.17) is 27.9 Å². The predicted octanol–water partition coefficient (Wildman–Crippen LogP) is 2.65. The summed E-state index contributed by atoms with van der Waals surface area (Å²) in [6.07, 6.45) is 0.349. The van der Waals surface area contributed by atoms with Crippen LogP contribution in [0.5, 0.6) is 0 Å². The largest absolute Gasteiger partial charge is 0.384 e. The standard InChI is InChI=1S/C11H13Cl2NO2/c1-16-5-4-11(15)14-7-8-2-3-9(12)6-10(8)13/h2-3,6H,4-5,7H2,1H3,(H,14,15). The molecule has 0 heterocycles. The summed E-state index contributed by atoms with van der Waals surface area (Å²) in [6.45, 7) is 0.818. The Hall–Kier alpha value is -0.770. The summed E-state index contributed by atoms with van der Waals surface area (Å²) in [6, 6.07) is 5.19. The van der Waals surface area contributed by atoms with Gasteiger partial charge in [-0.1, -0.05) is 29.3 Å². The first-order chi connectivity index (χ1) is 7.63. The van der Waals surface area contributed by atoms with Crippen molar-refractivity contribution in [2.45, 2.75) is 13.0 Å². The Bertz CT molecular complexity index is 369. The number of hydrogen-bond acceptors (Lipinski definition) is 2. The van der Waals surface area contributed by atoms with Crippen molar-refractivity contribution in [1.82, 2.24) is 5.32 Å². The van der Waals surface area contributed by atoms with Crippen molar-refractivity contribution in [2.24, 2.45) is 0 Å². The molecule has 1 aromatic rings. The van der Waals surface area contributed by atoms with E-state index in [0.29, 0.717) is 29.6 Å². The molecule has 1 rings (SSSR count). The normalized spacial score (nSPS) is 10.2. The number of carbonyl (C=O) groups is 1. The van der Waals surface area contributed by atoms with Gasteiger partial charge in [-0.05, 0) is 17.7 Å². The Balaban J connectivity index is 2.45. The second kappa shape index (κ2) is 6.74. The molecule has 0 saturated heterocycles. The Morgan fingerprint density at radius 2 is 2.19 bits per heavy atom. The number of hydrogen-bond donors (Lipinski definition) is 1. The first-order valence-corrected chi connectivity index (χ1v) is 5.58. The van der Waals surface area contributed by atoms with Crippen molar-refractivity contribution in [1.29, 1.82) is 0 Å². The highest BCUT2D eigenvalue weighted by atomic mass is 35.5. The van der Waals surface area contributed by atoms with E-state index in [0.717, 1.165) is 5.56 Å². The zero-order valence-electron chi connectivity index (χ0n) is 8.93. The lowest BCUT2D eigenvalue weighted by atomic mass is 10.2. The summed E-state index contributed by atoms with van der Waals surface area (Å²) in [5.41, 5.74) is 0.844. The predicted molar refractivity (Wildman–Crippen MR) is 64.8 cm³/mol. The SMILES string of the molecule is COCCC(=O)NCc1ccc(Cl)cc1Cl. The second-order valence-corrected chi connectivity index (χ2v) is 4.10. The smallest absolute Gasteiger partial charge is 0.222 e. The topological polar surface area (TPSA) is 38.3 Å². The van der Waals surface area contributed by atoms with Gasteiger partial charge < -0.3 is 10.1 Å². The summed E-state index contributed by atoms with van der Waals surface area (Å²) < 4.78 is 4.80. The van der Waals surface area contributed by atoms with Crippen LogP contribution in [-0.2, 0) is 16.1 Å². The van der Waals surface area contributed by atoms with Crippen molar-refractivity contribution in [3.05, 3.63) is 33.8 Å². The van der Waals surface area contributed by atoms with E-state index >= 15 is 0 Å². The van der Waals surface area contributed by atoms with E-state index < -0.39 is 0 Å². The van der Waals surface area contributed by atoms with Crippen LogP contribution < -0.4 is 5.32 Å². The summed E-state index contributed by atoms with van der Waals surface area (Å²) >= 11 is 11.7. The maximum absolute atomic E-state index is 11.3. The van der Waals surface area contributed by atoms with Gasteiger partial charge in [0.2, 0.25) is 5.91 Å². The highest BCUT2D eigenvalue weighted by Crippen LogP contribution is 2.20. The van der Waals surface area contributed by atoms with Crippen molar-refractivity contribution in [3.63, 3.8) is 0 Å². The van der Waals surface area contributed by atoms with E-state index in [9.17, 15) is 4.79 Å². The van der Waals surface area contributed by atoms with E-state index in [1.54, 1.807) is 25.3 Å². The summed E-state index contributed by atoms with van der Waals surface area (Å²) in [4.78, 5) is 11.3. The molecule has 1 aromatic carbocycles. The van der Waals surface area contributed by atoms with Crippen LogP contribution in [0.1, 0.15) is 12.0 Å². The fourth-order valence-corrected chi connectivity index (χ4v) is 1.62. The molecule has 0 aromatic heterocycles. The first kappa shape index (κ1) is 13.3. The Kier molecular flexibility index (Phi) is 5.60. The zero-order chi connectivity index (χ0) is 12.0. The first-order valence-electron chi connectivity index (χ1n) is 4.83. The molecule has 0 aliphatic carbocycles. The third-order valence-electron chi connectivity index (χ3n) is 2.02. The van der Waals surface area contributed by atoms with Crippen LogP contribution in [0.2, 0.25) is 10.0 Å². The zero-order valence-corrected chi connectivity index (χ0v) is 10.4. The van der Waals surface area contributed by atoms with Crippen LogP contribution in [0.3, 0.4) is 0 Å². The van der Waals surface area contributed by atoms with Crippen LogP contribution in [-0.4, -0.2) is 19.6 Å². The number of nitrogens with one attached hydrogen (secondary N) is 1. The molecule has 3 nitrogen and oxygen atoms in total. The molecule has 0 aliphatic rings. The number of rotatable bonds is 5. The minimum atomic E-state index is -0.0622. The van der Waals surface area contributed by atoms with Gasteiger partial charge in [0.05, 0.1) is 6.61 Å². The lowest BCUT2D eigenvalue weighted by molar-refractivity contribution is -0.122. The third-order valence-corrected chi connectivity index (χ3v) is 2.61. The number of benzene rings is 1. The van der Waals surface area contributed by atoms with E-state index in [-0.39, 0.29) is 5.91 Å². The minimum absolute atomic E-state index is 0.0622. The van der Waals surface area contributed by atoms with E-state index in [1.165, 1.54) is 0 Å². The number of carbonyl (C=O) groups excluding carboxylic acids is 1. The molecule has 0 fully saturated rings. The molecular formula is C11H13Cl2NO2. The maximum Gasteiger partial charge on any atom is 0.222 e. The van der Waals surface area contributed by atoms with Gasteiger partial charge in [-0.3, -0.25) is 4.79 Å². The van der Waals surface area contributed by atoms with Crippen molar-refractivity contribution in [2.75, 3.05) is 13.7 Å². The van der Waals surface area contributed by atoms with Crippen LogP contribution in [0, 0.1) is 0 Å². The van der Waals surface area contributed by atoms with E-state index in [2.05, 4.69) is 5.32 Å². The van der Waals surface area contributed by atoms with E-state index in [1.807, 2.05) is 0 Å². The molecular weight excluding hydrogens is 249 g/mol. The summed E-state index contributed by atoms with van der Waals surface area (Å²) in [5, 5.41) is 3.89. The van der Waals surface area contributed by atoms with Gasteiger partial charge in [-0.15, -0.1) is 0 Å². The molecule has 0 spiro atoms. The van der Waals surface area contributed by atoms with Crippen molar-refractivity contribution < 1.29 is 9.53 Å². The maximum atomic E-state index is 11.3.